The monoisotopic (exact) mass is 328 g/mol. The van der Waals surface area contributed by atoms with E-state index in [1.165, 1.54) is 0 Å². The first-order valence-electron chi connectivity index (χ1n) is 8.14. The summed E-state index contributed by atoms with van der Waals surface area (Å²) in [4.78, 5) is 0. The number of hydrogen-bond donors (Lipinski definition) is 1. The van der Waals surface area contributed by atoms with Gasteiger partial charge >= 0.3 is 0 Å². The van der Waals surface area contributed by atoms with Gasteiger partial charge in [0.15, 0.2) is 0 Å². The Kier molecular flexibility index (Phi) is 5.02. The highest BCUT2D eigenvalue weighted by molar-refractivity contribution is 6.74. The number of aliphatic hydroxyl groups is 1. The molecule has 1 N–H and O–H groups in total. The minimum absolute atomic E-state index is 0.0693. The van der Waals surface area contributed by atoms with Gasteiger partial charge in [-0.15, -0.1) is 18.1 Å². The number of hydrogen-bond acceptors (Lipinski definition) is 2. The van der Waals surface area contributed by atoms with E-state index in [1.807, 2.05) is 24.3 Å². The van der Waals surface area contributed by atoms with E-state index in [-0.39, 0.29) is 11.6 Å². The van der Waals surface area contributed by atoms with E-state index in [0.717, 1.165) is 28.0 Å². The lowest BCUT2D eigenvalue weighted by Gasteiger charge is -2.48. The molecule has 0 amide bonds. The van der Waals surface area contributed by atoms with Gasteiger partial charge in [0.05, 0.1) is 12.4 Å². The number of benzene rings is 2. The summed E-state index contributed by atoms with van der Waals surface area (Å²) in [6.45, 7) is 13.4. The van der Waals surface area contributed by atoms with Crippen molar-refractivity contribution in [1.29, 1.82) is 0 Å². The fourth-order valence-electron chi connectivity index (χ4n) is 2.34. The van der Waals surface area contributed by atoms with E-state index in [0.29, 0.717) is 0 Å². The van der Waals surface area contributed by atoms with Crippen molar-refractivity contribution in [1.82, 2.24) is 0 Å². The van der Waals surface area contributed by atoms with Gasteiger partial charge in [-0.25, -0.2) is 0 Å². The SMILES string of the molecule is Cc1c(CO)cccc1-c1cccc(O[Si-](C)(C)C(C)(C)C)c1. The fourth-order valence-corrected chi connectivity index (χ4v) is 3.36. The van der Waals surface area contributed by atoms with Crippen LogP contribution in [0.2, 0.25) is 18.1 Å². The van der Waals surface area contributed by atoms with Crippen LogP contribution in [0.15, 0.2) is 42.5 Å². The van der Waals surface area contributed by atoms with E-state index >= 15 is 0 Å². The van der Waals surface area contributed by atoms with Crippen LogP contribution in [0.5, 0.6) is 5.75 Å². The Morgan fingerprint density at radius 2 is 1.70 bits per heavy atom. The van der Waals surface area contributed by atoms with Crippen LogP contribution in [0.4, 0.5) is 0 Å². The molecule has 0 heterocycles. The zero-order chi connectivity index (χ0) is 17.3. The second-order valence-corrected chi connectivity index (χ2v) is 12.4. The van der Waals surface area contributed by atoms with Crippen molar-refractivity contribution in [2.45, 2.75) is 52.4 Å². The standard InChI is InChI=1S/C20H28O2Si/c1-15-17(14-21)10-8-12-19(15)16-9-7-11-18(13-16)22-23(5,6)20(2,3)4/h7-13,21H,14H2,1-6H3/q-1. The van der Waals surface area contributed by atoms with E-state index in [9.17, 15) is 5.11 Å². The smallest absolute Gasteiger partial charge is 0.0728 e. The first kappa shape index (κ1) is 17.8. The zero-order valence-electron chi connectivity index (χ0n) is 15.1. The van der Waals surface area contributed by atoms with Crippen LogP contribution in [-0.4, -0.2) is 13.4 Å². The van der Waals surface area contributed by atoms with Gasteiger partial charge in [-0.1, -0.05) is 51.1 Å². The van der Waals surface area contributed by atoms with Crippen LogP contribution in [0.3, 0.4) is 0 Å². The van der Waals surface area contributed by atoms with Crippen LogP contribution >= 0.6 is 0 Å². The van der Waals surface area contributed by atoms with Crippen LogP contribution < -0.4 is 4.43 Å². The summed E-state index contributed by atoms with van der Waals surface area (Å²) in [7, 11) is -1.84. The maximum Gasteiger partial charge on any atom is 0.0728 e. The molecular formula is C20H28O2Si-. The zero-order valence-corrected chi connectivity index (χ0v) is 16.1. The first-order chi connectivity index (χ1) is 10.7. The predicted molar refractivity (Wildman–Crippen MR) is 100 cm³/mol. The summed E-state index contributed by atoms with van der Waals surface area (Å²) in [5.74, 6) is 0.933. The second-order valence-electron chi connectivity index (χ2n) is 7.64. The van der Waals surface area contributed by atoms with Gasteiger partial charge in [-0.05, 0) is 41.3 Å². The summed E-state index contributed by atoms with van der Waals surface area (Å²) in [6.07, 6.45) is 0. The van der Waals surface area contributed by atoms with Gasteiger partial charge in [0, 0.05) is 8.32 Å². The first-order valence-corrected chi connectivity index (χ1v) is 11.1. The molecule has 23 heavy (non-hydrogen) atoms. The van der Waals surface area contributed by atoms with Gasteiger partial charge in [0.25, 0.3) is 0 Å². The molecule has 0 aromatic heterocycles. The molecule has 2 nitrogen and oxygen atoms in total. The molecule has 0 unspecified atom stereocenters. The summed E-state index contributed by atoms with van der Waals surface area (Å²) in [5, 5.41) is 9.64. The third-order valence-corrected chi connectivity index (χ3v) is 9.30. The maximum absolute atomic E-state index is 9.47. The lowest BCUT2D eigenvalue weighted by molar-refractivity contribution is 0.281. The Hall–Kier alpha value is -1.58. The normalized spacial score (nSPS) is 12.3. The van der Waals surface area contributed by atoms with Gasteiger partial charge < -0.3 is 9.53 Å². The maximum atomic E-state index is 9.47. The van der Waals surface area contributed by atoms with E-state index < -0.39 is 8.32 Å². The molecule has 0 aliphatic heterocycles. The molecule has 2 aromatic carbocycles. The topological polar surface area (TPSA) is 29.5 Å². The molecule has 0 spiro atoms. The molecule has 0 aliphatic rings. The molecular weight excluding hydrogens is 300 g/mol. The molecule has 0 radical (unpaired) electrons. The van der Waals surface area contributed by atoms with Gasteiger partial charge in [-0.2, -0.15) is 0 Å². The van der Waals surface area contributed by atoms with Crippen molar-refractivity contribution in [3.05, 3.63) is 53.6 Å². The Morgan fingerprint density at radius 3 is 2.30 bits per heavy atom. The summed E-state index contributed by atoms with van der Waals surface area (Å²) >= 11 is 0. The number of rotatable bonds is 4. The van der Waals surface area contributed by atoms with E-state index in [1.54, 1.807) is 0 Å². The van der Waals surface area contributed by atoms with Crippen molar-refractivity contribution in [2.24, 2.45) is 0 Å². The van der Waals surface area contributed by atoms with Crippen LogP contribution in [-0.2, 0) is 6.61 Å². The highest BCUT2D eigenvalue weighted by Gasteiger charge is 2.26. The third-order valence-electron chi connectivity index (χ3n) is 4.94. The van der Waals surface area contributed by atoms with Crippen molar-refractivity contribution in [3.8, 4) is 16.9 Å². The Bertz CT molecular complexity index is 684. The van der Waals surface area contributed by atoms with Gasteiger partial charge in [0.2, 0.25) is 0 Å². The Balaban J connectivity index is 2.38. The minimum atomic E-state index is -1.84. The molecule has 2 rings (SSSR count). The van der Waals surface area contributed by atoms with Gasteiger partial charge in [0.1, 0.15) is 0 Å². The highest BCUT2D eigenvalue weighted by atomic mass is 28.4. The second kappa shape index (κ2) is 6.50. The minimum Gasteiger partial charge on any atom is -0.689 e. The highest BCUT2D eigenvalue weighted by Crippen LogP contribution is 2.38. The lowest BCUT2D eigenvalue weighted by Crippen LogP contribution is -2.43. The molecule has 0 saturated heterocycles. The average Bonchev–Trinajstić information content (AvgIpc) is 2.46. The van der Waals surface area contributed by atoms with Crippen LogP contribution in [0.1, 0.15) is 31.9 Å². The van der Waals surface area contributed by atoms with Crippen LogP contribution in [0, 0.1) is 6.92 Å². The van der Waals surface area contributed by atoms with Crippen molar-refractivity contribution >= 4 is 8.32 Å². The molecule has 0 bridgehead atoms. The van der Waals surface area contributed by atoms with E-state index in [4.69, 9.17) is 4.43 Å². The quantitative estimate of drug-likeness (QED) is 0.747. The van der Waals surface area contributed by atoms with Crippen molar-refractivity contribution < 1.29 is 9.53 Å². The molecule has 0 atom stereocenters. The van der Waals surface area contributed by atoms with Crippen molar-refractivity contribution in [2.75, 3.05) is 0 Å². The molecule has 3 heteroatoms. The Labute approximate surface area is 141 Å². The van der Waals surface area contributed by atoms with E-state index in [2.05, 4.69) is 59.0 Å². The van der Waals surface area contributed by atoms with Crippen molar-refractivity contribution in [3.63, 3.8) is 0 Å². The van der Waals surface area contributed by atoms with Crippen LogP contribution in [0.25, 0.3) is 11.1 Å². The largest absolute Gasteiger partial charge is 0.689 e. The molecule has 0 saturated carbocycles. The fraction of sp³-hybridized carbons (Fsp3) is 0.400. The predicted octanol–water partition coefficient (Wildman–Crippen LogP) is 5.54. The summed E-state index contributed by atoms with van der Waals surface area (Å²) in [6, 6.07) is 14.4. The van der Waals surface area contributed by atoms with Gasteiger partial charge in [-0.3, -0.25) is 0 Å². The summed E-state index contributed by atoms with van der Waals surface area (Å²) in [5.41, 5.74) is 4.38. The third kappa shape index (κ3) is 3.85. The molecule has 2 aromatic rings. The summed E-state index contributed by atoms with van der Waals surface area (Å²) < 4.78 is 6.41. The molecule has 0 aliphatic carbocycles. The lowest BCUT2D eigenvalue weighted by atomic mass is 9.97. The molecule has 0 fully saturated rings. The number of aliphatic hydroxyl groups excluding tert-OH is 1. The molecule has 125 valence electrons. The Morgan fingerprint density at radius 1 is 1.04 bits per heavy atom. The average molecular weight is 329 g/mol.